The van der Waals surface area contributed by atoms with Crippen LogP contribution in [0.4, 0.5) is 5.69 Å². The molecule has 1 aliphatic heterocycles. The highest BCUT2D eigenvalue weighted by Gasteiger charge is 2.57. The third kappa shape index (κ3) is 3.51. The Morgan fingerprint density at radius 1 is 1.30 bits per heavy atom. The molecule has 1 saturated carbocycles. The van der Waals surface area contributed by atoms with Crippen LogP contribution in [-0.2, 0) is 9.53 Å². The first kappa shape index (κ1) is 17.8. The molecule has 1 aliphatic carbocycles. The van der Waals surface area contributed by atoms with Gasteiger partial charge in [-0.05, 0) is 62.4 Å². The predicted octanol–water partition coefficient (Wildman–Crippen LogP) is 2.53. The van der Waals surface area contributed by atoms with Gasteiger partial charge < -0.3 is 15.4 Å². The lowest BCUT2D eigenvalue weighted by atomic mass is 9.92. The van der Waals surface area contributed by atoms with Gasteiger partial charge in [-0.25, -0.2) is 4.79 Å². The van der Waals surface area contributed by atoms with Gasteiger partial charge in [0.1, 0.15) is 0 Å². The zero-order valence-electron chi connectivity index (χ0n) is 13.5. The Kier molecular flexibility index (Phi) is 5.32. The summed E-state index contributed by atoms with van der Waals surface area (Å²) in [6.07, 6.45) is 3.13. The van der Waals surface area contributed by atoms with Crippen molar-refractivity contribution in [2.24, 2.45) is 11.3 Å². The van der Waals surface area contributed by atoms with Crippen molar-refractivity contribution in [3.8, 4) is 0 Å². The van der Waals surface area contributed by atoms with E-state index >= 15 is 0 Å². The van der Waals surface area contributed by atoms with Crippen LogP contribution in [0.3, 0.4) is 0 Å². The van der Waals surface area contributed by atoms with Gasteiger partial charge >= 0.3 is 5.97 Å². The van der Waals surface area contributed by atoms with E-state index in [1.165, 1.54) is 7.11 Å². The van der Waals surface area contributed by atoms with Gasteiger partial charge in [-0.15, -0.1) is 12.4 Å². The summed E-state index contributed by atoms with van der Waals surface area (Å²) in [5, 5.41) is 6.29. The van der Waals surface area contributed by atoms with Crippen LogP contribution < -0.4 is 10.6 Å². The van der Waals surface area contributed by atoms with E-state index in [9.17, 15) is 9.59 Å². The molecule has 2 fully saturated rings. The molecule has 6 heteroatoms. The van der Waals surface area contributed by atoms with E-state index in [0.29, 0.717) is 11.3 Å². The molecule has 5 nitrogen and oxygen atoms in total. The molecule has 0 aromatic heterocycles. The molecule has 3 rings (SSSR count). The maximum atomic E-state index is 12.4. The van der Waals surface area contributed by atoms with Crippen molar-refractivity contribution < 1.29 is 14.3 Å². The summed E-state index contributed by atoms with van der Waals surface area (Å²) in [5.74, 6) is -0.200. The first-order valence-electron chi connectivity index (χ1n) is 7.76. The molecule has 1 atom stereocenters. The number of ether oxygens (including phenoxy) is 1. The number of amides is 1. The SMILES string of the molecule is COC(=O)c1cc(NC(=O)C2CC23CCNCC3)ccc1C.Cl. The van der Waals surface area contributed by atoms with Crippen molar-refractivity contribution in [2.45, 2.75) is 26.2 Å². The van der Waals surface area contributed by atoms with Crippen molar-refractivity contribution in [2.75, 3.05) is 25.5 Å². The molecule has 0 bridgehead atoms. The molecule has 1 saturated heterocycles. The third-order valence-electron chi connectivity index (χ3n) is 5.02. The van der Waals surface area contributed by atoms with Gasteiger partial charge in [0.15, 0.2) is 0 Å². The van der Waals surface area contributed by atoms with Crippen LogP contribution in [0.1, 0.15) is 35.2 Å². The third-order valence-corrected chi connectivity index (χ3v) is 5.02. The number of carbonyl (C=O) groups excluding carboxylic acids is 2. The minimum atomic E-state index is -0.380. The summed E-state index contributed by atoms with van der Waals surface area (Å²) in [4.78, 5) is 24.2. The van der Waals surface area contributed by atoms with E-state index in [1.54, 1.807) is 6.07 Å². The lowest BCUT2D eigenvalue weighted by Gasteiger charge is -2.23. The van der Waals surface area contributed by atoms with Crippen LogP contribution >= 0.6 is 12.4 Å². The van der Waals surface area contributed by atoms with Crippen LogP contribution in [0.25, 0.3) is 0 Å². The lowest BCUT2D eigenvalue weighted by Crippen LogP contribution is -2.31. The molecule has 0 radical (unpaired) electrons. The van der Waals surface area contributed by atoms with E-state index in [1.807, 2.05) is 19.1 Å². The van der Waals surface area contributed by atoms with E-state index in [-0.39, 0.29) is 35.6 Å². The summed E-state index contributed by atoms with van der Waals surface area (Å²) in [7, 11) is 1.36. The number of hydrogen-bond donors (Lipinski definition) is 2. The summed E-state index contributed by atoms with van der Waals surface area (Å²) >= 11 is 0. The quantitative estimate of drug-likeness (QED) is 0.831. The Bertz CT molecular complexity index is 612. The summed E-state index contributed by atoms with van der Waals surface area (Å²) in [5.41, 5.74) is 2.20. The van der Waals surface area contributed by atoms with Gasteiger partial charge in [-0.3, -0.25) is 4.79 Å². The van der Waals surface area contributed by atoms with Crippen LogP contribution in [0.2, 0.25) is 0 Å². The first-order chi connectivity index (χ1) is 10.6. The van der Waals surface area contributed by atoms with Crippen LogP contribution in [0.15, 0.2) is 18.2 Å². The molecular formula is C17H23ClN2O3. The fourth-order valence-electron chi connectivity index (χ4n) is 3.45. The van der Waals surface area contributed by atoms with E-state index < -0.39 is 0 Å². The number of rotatable bonds is 3. The molecule has 1 aromatic rings. The second kappa shape index (κ2) is 6.89. The van der Waals surface area contributed by atoms with Crippen molar-refractivity contribution in [3.05, 3.63) is 29.3 Å². The van der Waals surface area contributed by atoms with Crippen LogP contribution in [0, 0.1) is 18.3 Å². The molecule has 2 aliphatic rings. The average molecular weight is 339 g/mol. The van der Waals surface area contributed by atoms with Crippen molar-refractivity contribution in [3.63, 3.8) is 0 Å². The molecule has 1 spiro atoms. The number of anilines is 1. The highest BCUT2D eigenvalue weighted by molar-refractivity contribution is 5.97. The average Bonchev–Trinajstić information content (AvgIpc) is 3.22. The number of benzene rings is 1. The highest BCUT2D eigenvalue weighted by Crippen LogP contribution is 2.58. The Hall–Kier alpha value is -1.59. The molecule has 1 heterocycles. The fourth-order valence-corrected chi connectivity index (χ4v) is 3.45. The first-order valence-corrected chi connectivity index (χ1v) is 7.76. The predicted molar refractivity (Wildman–Crippen MR) is 91.0 cm³/mol. The molecule has 1 amide bonds. The Morgan fingerprint density at radius 3 is 2.65 bits per heavy atom. The minimum absolute atomic E-state index is 0. The number of esters is 1. The number of carbonyl (C=O) groups is 2. The largest absolute Gasteiger partial charge is 0.465 e. The van der Waals surface area contributed by atoms with Gasteiger partial charge in [0.2, 0.25) is 5.91 Å². The normalized spacial score (nSPS) is 21.2. The maximum absolute atomic E-state index is 12.4. The highest BCUT2D eigenvalue weighted by atomic mass is 35.5. The Labute approximate surface area is 142 Å². The summed E-state index contributed by atoms with van der Waals surface area (Å²) in [6, 6.07) is 5.35. The van der Waals surface area contributed by atoms with E-state index in [4.69, 9.17) is 4.74 Å². The summed E-state index contributed by atoms with van der Waals surface area (Å²) < 4.78 is 4.77. The summed E-state index contributed by atoms with van der Waals surface area (Å²) in [6.45, 7) is 3.85. The van der Waals surface area contributed by atoms with E-state index in [0.717, 1.165) is 37.9 Å². The van der Waals surface area contributed by atoms with Gasteiger partial charge in [-0.2, -0.15) is 0 Å². The van der Waals surface area contributed by atoms with Crippen molar-refractivity contribution >= 4 is 30.0 Å². The molecule has 1 aromatic carbocycles. The van der Waals surface area contributed by atoms with Gasteiger partial charge in [0.25, 0.3) is 0 Å². The van der Waals surface area contributed by atoms with E-state index in [2.05, 4.69) is 10.6 Å². The van der Waals surface area contributed by atoms with Crippen LogP contribution in [0.5, 0.6) is 0 Å². The smallest absolute Gasteiger partial charge is 0.338 e. The molecule has 1 unspecified atom stereocenters. The standard InChI is InChI=1S/C17H22N2O3.ClH/c1-11-3-4-12(9-13(11)16(21)22-2)19-15(20)14-10-17(14)5-7-18-8-6-17;/h3-4,9,14,18H,5-8,10H2,1-2H3,(H,19,20);1H. The number of hydrogen-bond acceptors (Lipinski definition) is 4. The fraction of sp³-hybridized carbons (Fsp3) is 0.529. The van der Waals surface area contributed by atoms with Gasteiger partial charge in [-0.1, -0.05) is 6.07 Å². The van der Waals surface area contributed by atoms with Gasteiger partial charge in [0, 0.05) is 11.6 Å². The Balaban J connectivity index is 0.00000192. The van der Waals surface area contributed by atoms with Crippen LogP contribution in [-0.4, -0.2) is 32.1 Å². The monoisotopic (exact) mass is 338 g/mol. The van der Waals surface area contributed by atoms with Gasteiger partial charge in [0.05, 0.1) is 12.7 Å². The van der Waals surface area contributed by atoms with Crippen molar-refractivity contribution in [1.82, 2.24) is 5.32 Å². The number of halogens is 1. The molecule has 126 valence electrons. The number of piperidine rings is 1. The molecule has 23 heavy (non-hydrogen) atoms. The topological polar surface area (TPSA) is 67.4 Å². The second-order valence-electron chi connectivity index (χ2n) is 6.38. The molecule has 2 N–H and O–H groups in total. The number of aryl methyl sites for hydroxylation is 1. The maximum Gasteiger partial charge on any atom is 0.338 e. The number of methoxy groups -OCH3 is 1. The zero-order chi connectivity index (χ0) is 15.7. The zero-order valence-corrected chi connectivity index (χ0v) is 14.3. The van der Waals surface area contributed by atoms with Crippen molar-refractivity contribution in [1.29, 1.82) is 0 Å². The lowest BCUT2D eigenvalue weighted by molar-refractivity contribution is -0.118. The minimum Gasteiger partial charge on any atom is -0.465 e. The Morgan fingerprint density at radius 2 is 2.00 bits per heavy atom. The number of nitrogens with one attached hydrogen (secondary N) is 2. The second-order valence-corrected chi connectivity index (χ2v) is 6.38. The molecular weight excluding hydrogens is 316 g/mol.